The number of alkyl halides is 9. The van der Waals surface area contributed by atoms with Gasteiger partial charge in [0.1, 0.15) is 4.33 Å². The van der Waals surface area contributed by atoms with Crippen LogP contribution in [0.1, 0.15) is 38.5 Å². The second-order valence-corrected chi connectivity index (χ2v) is 12.6. The number of hydrogen-bond acceptors (Lipinski definition) is 2. The first-order valence-electron chi connectivity index (χ1n) is 12.1. The van der Waals surface area contributed by atoms with Gasteiger partial charge in [0, 0.05) is 39.2 Å². The SMILES string of the molecule is Cc1cc(C(F)(C(F)(F)F)C(F)(F)F)ccc1CC(=O)c1cc(NC(=O)C2C(c3cc(Cl)cc(Cl)c3)C2(Cl)Cl)ccc1Cl. The van der Waals surface area contributed by atoms with Crippen LogP contribution in [0.5, 0.6) is 0 Å². The summed E-state index contributed by atoms with van der Waals surface area (Å²) in [6.07, 6.45) is -13.1. The zero-order valence-electron chi connectivity index (χ0n) is 21.4. The highest BCUT2D eigenvalue weighted by Crippen LogP contribution is 2.65. The first-order valence-corrected chi connectivity index (χ1v) is 14.0. The van der Waals surface area contributed by atoms with Crippen LogP contribution in [0.25, 0.3) is 0 Å². The fraction of sp³-hybridized carbons (Fsp3) is 0.286. The van der Waals surface area contributed by atoms with Gasteiger partial charge in [0.2, 0.25) is 5.91 Å². The highest BCUT2D eigenvalue weighted by molar-refractivity contribution is 6.53. The second kappa shape index (κ2) is 11.6. The van der Waals surface area contributed by atoms with Crippen molar-refractivity contribution in [1.82, 2.24) is 0 Å². The number of rotatable bonds is 7. The van der Waals surface area contributed by atoms with E-state index in [1.54, 1.807) is 12.1 Å². The maximum atomic E-state index is 14.4. The number of benzene rings is 3. The van der Waals surface area contributed by atoms with Crippen molar-refractivity contribution < 1.29 is 40.3 Å². The van der Waals surface area contributed by atoms with Crippen molar-refractivity contribution in [3.63, 3.8) is 0 Å². The monoisotopic (exact) mass is 707 g/mol. The Hall–Kier alpha value is -2.24. The number of amides is 1. The van der Waals surface area contributed by atoms with E-state index in [4.69, 9.17) is 58.0 Å². The van der Waals surface area contributed by atoms with Gasteiger partial charge >= 0.3 is 18.0 Å². The molecule has 2 unspecified atom stereocenters. The Labute approximate surface area is 265 Å². The first-order chi connectivity index (χ1) is 19.7. The molecule has 0 heterocycles. The van der Waals surface area contributed by atoms with Gasteiger partial charge in [0.05, 0.1) is 10.9 Å². The van der Waals surface area contributed by atoms with E-state index in [0.717, 1.165) is 13.0 Å². The number of Topliss-reactive ketones (excluding diaryl/α,β-unsaturated/α-hetero) is 1. The minimum Gasteiger partial charge on any atom is -0.326 e. The number of hydrogen-bond donors (Lipinski definition) is 1. The first kappa shape index (κ1) is 33.6. The third kappa shape index (κ3) is 6.45. The summed E-state index contributed by atoms with van der Waals surface area (Å²) in [5.41, 5.74) is -6.88. The Morgan fingerprint density at radius 1 is 0.837 bits per heavy atom. The molecule has 1 amide bonds. The lowest BCUT2D eigenvalue weighted by atomic mass is 9.90. The quantitative estimate of drug-likeness (QED) is 0.151. The van der Waals surface area contributed by atoms with Gasteiger partial charge < -0.3 is 5.32 Å². The smallest absolute Gasteiger partial charge is 0.326 e. The molecule has 1 N–H and O–H groups in total. The van der Waals surface area contributed by atoms with Crippen molar-refractivity contribution in [2.24, 2.45) is 5.92 Å². The molecule has 4 rings (SSSR count). The standard InChI is InChI=1S/C28H17Cl5F7NO2/c1-12-6-15(26(34,27(35,36)37)28(38,39)40)3-2-13(12)9-21(42)19-11-18(4-5-20(19)31)41-24(43)23-22(25(23,32)33)14-7-16(29)10-17(30)8-14/h2-8,10-11,22-23H,9H2,1H3,(H,41,43). The minimum atomic E-state index is -6.28. The van der Waals surface area contributed by atoms with Crippen molar-refractivity contribution in [2.45, 2.75) is 41.6 Å². The molecule has 1 saturated carbocycles. The van der Waals surface area contributed by atoms with Crippen LogP contribution < -0.4 is 5.32 Å². The van der Waals surface area contributed by atoms with E-state index < -0.39 is 57.9 Å². The van der Waals surface area contributed by atoms with Gasteiger partial charge in [-0.25, -0.2) is 4.39 Å². The Kier molecular flexibility index (Phi) is 9.08. The molecule has 0 aromatic heterocycles. The highest BCUT2D eigenvalue weighted by atomic mass is 35.5. The Balaban J connectivity index is 1.53. The van der Waals surface area contributed by atoms with Crippen LogP contribution in [-0.4, -0.2) is 28.4 Å². The number of carbonyl (C=O) groups excluding carboxylic acids is 2. The number of halogens is 12. The molecule has 3 aromatic rings. The molecule has 0 spiro atoms. The third-order valence-electron chi connectivity index (χ3n) is 6.99. The van der Waals surface area contributed by atoms with Crippen molar-refractivity contribution >= 4 is 75.4 Å². The summed E-state index contributed by atoms with van der Waals surface area (Å²) in [4.78, 5) is 26.1. The third-order valence-corrected chi connectivity index (χ3v) is 8.69. The minimum absolute atomic E-state index is 0.0287. The van der Waals surface area contributed by atoms with Gasteiger partial charge in [-0.05, 0) is 60.0 Å². The molecule has 43 heavy (non-hydrogen) atoms. The van der Waals surface area contributed by atoms with Gasteiger partial charge in [-0.2, -0.15) is 26.3 Å². The molecule has 3 aromatic carbocycles. The Morgan fingerprint density at radius 3 is 1.95 bits per heavy atom. The summed E-state index contributed by atoms with van der Waals surface area (Å²) in [7, 11) is 0. The zero-order chi connectivity index (χ0) is 32.3. The van der Waals surface area contributed by atoms with Crippen LogP contribution in [0.2, 0.25) is 15.1 Å². The second-order valence-electron chi connectivity index (χ2n) is 9.91. The van der Waals surface area contributed by atoms with Crippen LogP contribution in [-0.2, 0) is 16.9 Å². The summed E-state index contributed by atoms with van der Waals surface area (Å²) in [5.74, 6) is -2.85. The highest BCUT2D eigenvalue weighted by Gasteiger charge is 2.73. The van der Waals surface area contributed by atoms with E-state index >= 15 is 0 Å². The van der Waals surface area contributed by atoms with Gasteiger partial charge in [0.25, 0.3) is 0 Å². The maximum Gasteiger partial charge on any atom is 0.435 e. The lowest BCUT2D eigenvalue weighted by Gasteiger charge is -2.30. The topological polar surface area (TPSA) is 46.2 Å². The van der Waals surface area contributed by atoms with Crippen molar-refractivity contribution in [3.8, 4) is 0 Å². The van der Waals surface area contributed by atoms with Crippen LogP contribution >= 0.6 is 58.0 Å². The average molecular weight is 710 g/mol. The van der Waals surface area contributed by atoms with E-state index in [0.29, 0.717) is 27.7 Å². The van der Waals surface area contributed by atoms with Crippen molar-refractivity contribution in [3.05, 3.63) is 97.5 Å². The molecule has 0 saturated heterocycles. The summed E-state index contributed by atoms with van der Waals surface area (Å²) < 4.78 is 91.8. The molecular formula is C28H17Cl5F7NO2. The van der Waals surface area contributed by atoms with Gasteiger partial charge in [-0.15, -0.1) is 23.2 Å². The molecule has 3 nitrogen and oxygen atoms in total. The van der Waals surface area contributed by atoms with Crippen LogP contribution in [0.4, 0.5) is 36.4 Å². The van der Waals surface area contributed by atoms with Crippen LogP contribution in [0, 0.1) is 12.8 Å². The van der Waals surface area contributed by atoms with E-state index in [2.05, 4.69) is 5.32 Å². The van der Waals surface area contributed by atoms with Crippen molar-refractivity contribution in [2.75, 3.05) is 5.32 Å². The van der Waals surface area contributed by atoms with Crippen LogP contribution in [0.3, 0.4) is 0 Å². The number of nitrogens with one attached hydrogen (secondary N) is 1. The van der Waals surface area contributed by atoms with Gasteiger partial charge in [-0.3, -0.25) is 9.59 Å². The molecule has 0 aliphatic heterocycles. The normalized spacial score (nSPS) is 18.3. The van der Waals surface area contributed by atoms with Gasteiger partial charge in [0.15, 0.2) is 5.78 Å². The predicted octanol–water partition coefficient (Wildman–Crippen LogP) is 10.2. The number of aryl methyl sites for hydroxylation is 1. The number of anilines is 1. The fourth-order valence-electron chi connectivity index (χ4n) is 4.72. The molecule has 1 aliphatic carbocycles. The number of carbonyl (C=O) groups is 2. The summed E-state index contributed by atoms with van der Waals surface area (Å²) in [6, 6.07) is 10.1. The van der Waals surface area contributed by atoms with Gasteiger partial charge in [-0.1, -0.05) is 53.0 Å². The Bertz CT molecular complexity index is 1570. The average Bonchev–Trinajstić information content (AvgIpc) is 3.45. The predicted molar refractivity (Wildman–Crippen MR) is 151 cm³/mol. The molecule has 2 atom stereocenters. The molecular weight excluding hydrogens is 693 g/mol. The largest absolute Gasteiger partial charge is 0.435 e. The summed E-state index contributed by atoms with van der Waals surface area (Å²) >= 11 is 31.0. The molecule has 1 aliphatic rings. The molecule has 1 fully saturated rings. The lowest BCUT2D eigenvalue weighted by molar-refractivity contribution is -0.348. The van der Waals surface area contributed by atoms with E-state index in [9.17, 15) is 40.3 Å². The van der Waals surface area contributed by atoms with Crippen LogP contribution in [0.15, 0.2) is 54.6 Å². The molecule has 0 radical (unpaired) electrons. The van der Waals surface area contributed by atoms with E-state index in [-0.39, 0.29) is 27.4 Å². The Morgan fingerprint density at radius 2 is 1.42 bits per heavy atom. The van der Waals surface area contributed by atoms with E-state index in [1.165, 1.54) is 24.3 Å². The molecule has 0 bridgehead atoms. The van der Waals surface area contributed by atoms with Crippen molar-refractivity contribution in [1.29, 1.82) is 0 Å². The molecule has 230 valence electrons. The lowest BCUT2D eigenvalue weighted by Crippen LogP contribution is -2.50. The maximum absolute atomic E-state index is 14.4. The molecule has 15 heteroatoms. The number of ketones is 1. The van der Waals surface area contributed by atoms with E-state index in [1.807, 2.05) is 0 Å². The zero-order valence-corrected chi connectivity index (χ0v) is 25.2. The fourth-order valence-corrected chi connectivity index (χ4v) is 6.32. The summed E-state index contributed by atoms with van der Waals surface area (Å²) in [6.45, 7) is 1.14. The summed E-state index contributed by atoms with van der Waals surface area (Å²) in [5, 5.41) is 3.18.